The zero-order chi connectivity index (χ0) is 29.2. The van der Waals surface area contributed by atoms with E-state index in [1.807, 2.05) is 18.2 Å². The van der Waals surface area contributed by atoms with E-state index in [0.29, 0.717) is 54.7 Å². The number of aromatic nitrogens is 5. The maximum atomic E-state index is 13.8. The highest BCUT2D eigenvalue weighted by molar-refractivity contribution is 6.07. The summed E-state index contributed by atoms with van der Waals surface area (Å²) >= 11 is 0. The molecule has 1 aliphatic carbocycles. The Hall–Kier alpha value is -4.51. The predicted molar refractivity (Wildman–Crippen MR) is 159 cm³/mol. The minimum Gasteiger partial charge on any atom is -0.392 e. The van der Waals surface area contributed by atoms with Crippen LogP contribution in [0, 0.1) is 5.41 Å². The number of aliphatic hydroxyl groups is 1. The number of carbonyl (C=O) groups excluding carboxylic acids is 2. The molecule has 6 heterocycles. The molecular weight excluding hydrogens is 532 g/mol. The molecule has 11 nitrogen and oxygen atoms in total. The molecule has 216 valence electrons. The van der Waals surface area contributed by atoms with E-state index in [1.165, 1.54) is 17.3 Å². The van der Waals surface area contributed by atoms with Crippen LogP contribution < -0.4 is 10.2 Å². The Kier molecular flexibility index (Phi) is 6.16. The SMILES string of the molecule is C=CC(=O)N1CC[C@@H](Nc2n[nH]c3nccc(-c4ccnc(N5CCn6c(cc7c6CC(C)(C)C7)C5=O)c4CO)c23)C1. The van der Waals surface area contributed by atoms with Gasteiger partial charge in [-0.1, -0.05) is 20.4 Å². The summed E-state index contributed by atoms with van der Waals surface area (Å²) in [6, 6.07) is 5.81. The summed E-state index contributed by atoms with van der Waals surface area (Å²) in [5.41, 5.74) is 6.16. The zero-order valence-corrected chi connectivity index (χ0v) is 23.9. The second-order valence-electron chi connectivity index (χ2n) is 12.2. The molecule has 1 saturated heterocycles. The Morgan fingerprint density at radius 2 is 2.00 bits per heavy atom. The average Bonchev–Trinajstić information content (AvgIpc) is 3.76. The van der Waals surface area contributed by atoms with Crippen LogP contribution in [-0.4, -0.2) is 72.2 Å². The number of aliphatic hydroxyl groups excluding tert-OH is 1. The van der Waals surface area contributed by atoms with Gasteiger partial charge in [0, 0.05) is 55.9 Å². The van der Waals surface area contributed by atoms with Crippen LogP contribution >= 0.6 is 0 Å². The lowest BCUT2D eigenvalue weighted by Gasteiger charge is -2.31. The van der Waals surface area contributed by atoms with Gasteiger partial charge in [-0.05, 0) is 65.6 Å². The van der Waals surface area contributed by atoms with E-state index in [9.17, 15) is 14.7 Å². The van der Waals surface area contributed by atoms with Crippen LogP contribution in [0.2, 0.25) is 0 Å². The number of nitrogens with zero attached hydrogens (tertiary/aromatic N) is 6. The smallest absolute Gasteiger partial charge is 0.276 e. The Balaban J connectivity index is 1.24. The molecule has 7 rings (SSSR count). The minimum atomic E-state index is -0.292. The van der Waals surface area contributed by atoms with Crippen molar-refractivity contribution in [1.29, 1.82) is 0 Å². The van der Waals surface area contributed by atoms with Gasteiger partial charge < -0.3 is 19.9 Å². The molecule has 3 N–H and O–H groups in total. The van der Waals surface area contributed by atoms with Crippen LogP contribution in [0.15, 0.2) is 43.2 Å². The van der Waals surface area contributed by atoms with Gasteiger partial charge in [0.25, 0.3) is 5.91 Å². The van der Waals surface area contributed by atoms with E-state index in [2.05, 4.69) is 50.5 Å². The summed E-state index contributed by atoms with van der Waals surface area (Å²) in [5.74, 6) is 0.902. The van der Waals surface area contributed by atoms with Crippen molar-refractivity contribution in [3.8, 4) is 11.1 Å². The number of pyridine rings is 2. The van der Waals surface area contributed by atoms with E-state index >= 15 is 0 Å². The molecule has 0 unspecified atom stereocenters. The summed E-state index contributed by atoms with van der Waals surface area (Å²) < 4.78 is 2.17. The molecule has 0 spiro atoms. The number of amides is 2. The molecule has 11 heteroatoms. The van der Waals surface area contributed by atoms with Crippen molar-refractivity contribution in [1.82, 2.24) is 29.6 Å². The first kappa shape index (κ1) is 26.4. The zero-order valence-electron chi connectivity index (χ0n) is 23.9. The Morgan fingerprint density at radius 3 is 2.81 bits per heavy atom. The lowest BCUT2D eigenvalue weighted by Crippen LogP contribution is -2.41. The Bertz CT molecular complexity index is 1750. The number of aromatic amines is 1. The lowest BCUT2D eigenvalue weighted by atomic mass is 9.90. The molecule has 2 aliphatic heterocycles. The van der Waals surface area contributed by atoms with Crippen molar-refractivity contribution in [3.63, 3.8) is 0 Å². The molecule has 1 fully saturated rings. The van der Waals surface area contributed by atoms with Crippen LogP contribution in [0.4, 0.5) is 11.6 Å². The van der Waals surface area contributed by atoms with Crippen LogP contribution in [0.3, 0.4) is 0 Å². The van der Waals surface area contributed by atoms with Gasteiger partial charge in [-0.3, -0.25) is 19.6 Å². The second kappa shape index (κ2) is 9.80. The molecule has 2 amide bonds. The fourth-order valence-electron chi connectivity index (χ4n) is 6.92. The maximum absolute atomic E-state index is 13.8. The molecule has 0 radical (unpaired) electrons. The second-order valence-corrected chi connectivity index (χ2v) is 12.2. The summed E-state index contributed by atoms with van der Waals surface area (Å²) in [6.45, 7) is 10.2. The number of likely N-dealkylation sites (tertiary alicyclic amines) is 1. The van der Waals surface area contributed by atoms with E-state index in [4.69, 9.17) is 0 Å². The van der Waals surface area contributed by atoms with Crippen molar-refractivity contribution < 1.29 is 14.7 Å². The minimum absolute atomic E-state index is 0.0215. The van der Waals surface area contributed by atoms with Gasteiger partial charge in [-0.2, -0.15) is 5.10 Å². The van der Waals surface area contributed by atoms with Crippen LogP contribution in [0.5, 0.6) is 0 Å². The van der Waals surface area contributed by atoms with Crippen LogP contribution in [0.1, 0.15) is 47.6 Å². The predicted octanol–water partition coefficient (Wildman–Crippen LogP) is 3.30. The summed E-state index contributed by atoms with van der Waals surface area (Å²) in [6.07, 6.45) is 7.43. The third-order valence-corrected chi connectivity index (χ3v) is 8.84. The molecule has 0 aromatic carbocycles. The Labute approximate surface area is 243 Å². The van der Waals surface area contributed by atoms with Gasteiger partial charge in [0.2, 0.25) is 5.91 Å². The topological polar surface area (TPSA) is 132 Å². The fourth-order valence-corrected chi connectivity index (χ4v) is 6.92. The number of carbonyl (C=O) groups is 2. The van der Waals surface area contributed by atoms with Crippen molar-refractivity contribution in [2.45, 2.75) is 52.3 Å². The molecule has 42 heavy (non-hydrogen) atoms. The van der Waals surface area contributed by atoms with Gasteiger partial charge in [0.15, 0.2) is 11.5 Å². The first-order valence-corrected chi connectivity index (χ1v) is 14.4. The van der Waals surface area contributed by atoms with Gasteiger partial charge in [0.05, 0.1) is 12.0 Å². The number of hydrogen-bond donors (Lipinski definition) is 3. The van der Waals surface area contributed by atoms with E-state index in [1.54, 1.807) is 22.2 Å². The number of fused-ring (bicyclic) bond motifs is 4. The molecular formula is C31H34N8O3. The standard InChI is InChI=1S/C31H34N8O3/c1-4-25(41)37-10-7-19(16-37)34-28-26-21(6-8-32-27(26)35-36-28)20-5-9-33-29(22(20)17-40)39-12-11-38-23(30(39)42)13-18-14-31(2,3)15-24(18)38/h4-6,8-9,13,19,40H,1,7,10-12,14-17H2,2-3H3,(H2,32,34,35,36)/t19-/m1/s1. The quantitative estimate of drug-likeness (QED) is 0.305. The van der Waals surface area contributed by atoms with Crippen LogP contribution in [-0.2, 0) is 30.8 Å². The van der Waals surface area contributed by atoms with Crippen molar-refractivity contribution in [3.05, 3.63) is 65.8 Å². The first-order chi connectivity index (χ1) is 20.3. The van der Waals surface area contributed by atoms with Gasteiger partial charge in [0.1, 0.15) is 11.5 Å². The number of anilines is 2. The molecule has 0 bridgehead atoms. The largest absolute Gasteiger partial charge is 0.392 e. The number of H-pyrrole nitrogens is 1. The van der Waals surface area contributed by atoms with E-state index in [0.717, 1.165) is 35.8 Å². The summed E-state index contributed by atoms with van der Waals surface area (Å²) in [4.78, 5) is 38.5. The van der Waals surface area contributed by atoms with Crippen molar-refractivity contribution >= 4 is 34.5 Å². The highest BCUT2D eigenvalue weighted by atomic mass is 16.3. The molecule has 1 atom stereocenters. The van der Waals surface area contributed by atoms with E-state index < -0.39 is 0 Å². The van der Waals surface area contributed by atoms with Crippen LogP contribution in [0.25, 0.3) is 22.2 Å². The summed E-state index contributed by atoms with van der Waals surface area (Å²) in [5, 5.41) is 22.4. The summed E-state index contributed by atoms with van der Waals surface area (Å²) in [7, 11) is 0. The number of nitrogens with one attached hydrogen (secondary N) is 2. The first-order valence-electron chi connectivity index (χ1n) is 14.4. The lowest BCUT2D eigenvalue weighted by molar-refractivity contribution is -0.125. The molecule has 4 aromatic rings. The highest BCUT2D eigenvalue weighted by Gasteiger charge is 2.37. The maximum Gasteiger partial charge on any atom is 0.276 e. The third-order valence-electron chi connectivity index (χ3n) is 8.84. The molecule has 0 saturated carbocycles. The van der Waals surface area contributed by atoms with E-state index in [-0.39, 0.29) is 29.9 Å². The van der Waals surface area contributed by atoms with Crippen molar-refractivity contribution in [2.24, 2.45) is 5.41 Å². The number of rotatable bonds is 6. The molecule has 3 aliphatic rings. The van der Waals surface area contributed by atoms with Gasteiger partial charge in [-0.25, -0.2) is 9.97 Å². The molecule has 4 aromatic heterocycles. The number of hydrogen-bond acceptors (Lipinski definition) is 7. The van der Waals surface area contributed by atoms with Crippen molar-refractivity contribution in [2.75, 3.05) is 29.9 Å². The monoisotopic (exact) mass is 566 g/mol. The van der Waals surface area contributed by atoms with Gasteiger partial charge >= 0.3 is 0 Å². The fraction of sp³-hybridized carbons (Fsp3) is 0.387. The normalized spacial score (nSPS) is 19.3. The average molecular weight is 567 g/mol. The third kappa shape index (κ3) is 4.18. The van der Waals surface area contributed by atoms with Gasteiger partial charge in [-0.15, -0.1) is 0 Å². The highest BCUT2D eigenvalue weighted by Crippen LogP contribution is 2.41. The Morgan fingerprint density at radius 1 is 1.19 bits per heavy atom.